The fourth-order valence-electron chi connectivity index (χ4n) is 2.29. The van der Waals surface area contributed by atoms with Gasteiger partial charge in [-0.25, -0.2) is 4.79 Å². The fraction of sp³-hybridized carbons (Fsp3) is 0.300. The number of nitrogens with one attached hydrogen (secondary N) is 1. The zero-order chi connectivity index (χ0) is 20.4. The number of carbonyl (C=O) groups excluding carboxylic acids is 2. The second-order valence-electron chi connectivity index (χ2n) is 5.93. The van der Waals surface area contributed by atoms with E-state index < -0.39 is 18.1 Å². The summed E-state index contributed by atoms with van der Waals surface area (Å²) in [5, 5.41) is 2.92. The average Bonchev–Trinajstić information content (AvgIpc) is 2.66. The molecule has 2 aromatic carbocycles. The Bertz CT molecular complexity index is 779. The van der Waals surface area contributed by atoms with Gasteiger partial charge in [-0.1, -0.05) is 42.5 Å². The molecule has 28 heavy (non-hydrogen) atoms. The first kappa shape index (κ1) is 21.4. The van der Waals surface area contributed by atoms with Gasteiger partial charge >= 0.3 is 18.1 Å². The summed E-state index contributed by atoms with van der Waals surface area (Å²) in [7, 11) is 0. The molecule has 2 aromatic rings. The van der Waals surface area contributed by atoms with E-state index >= 15 is 0 Å². The van der Waals surface area contributed by atoms with Crippen LogP contribution in [-0.4, -0.2) is 31.2 Å². The molecule has 0 saturated carbocycles. The van der Waals surface area contributed by atoms with E-state index in [1.807, 2.05) is 54.6 Å². The fourth-order valence-corrected chi connectivity index (χ4v) is 2.29. The topological polar surface area (TPSA) is 64.6 Å². The second kappa shape index (κ2) is 10.5. The molecule has 1 N–H and O–H groups in total. The highest BCUT2D eigenvalue weighted by Crippen LogP contribution is 2.17. The third kappa shape index (κ3) is 7.79. The monoisotopic (exact) mass is 395 g/mol. The van der Waals surface area contributed by atoms with E-state index in [4.69, 9.17) is 4.74 Å². The highest BCUT2D eigenvalue weighted by Gasteiger charge is 2.42. The van der Waals surface area contributed by atoms with Crippen molar-refractivity contribution in [2.45, 2.75) is 25.6 Å². The summed E-state index contributed by atoms with van der Waals surface area (Å²) in [5.41, 5.74) is 2.07. The highest BCUT2D eigenvalue weighted by atomic mass is 19.4. The molecule has 0 saturated heterocycles. The van der Waals surface area contributed by atoms with Crippen LogP contribution in [0.1, 0.15) is 17.5 Å². The third-order valence-corrected chi connectivity index (χ3v) is 3.68. The van der Waals surface area contributed by atoms with Crippen LogP contribution in [0, 0.1) is 0 Å². The molecule has 0 heterocycles. The Kier molecular flexibility index (Phi) is 8.01. The summed E-state index contributed by atoms with van der Waals surface area (Å²) < 4.78 is 45.4. The predicted octanol–water partition coefficient (Wildman–Crippen LogP) is 3.42. The number of esters is 2. The van der Waals surface area contributed by atoms with Crippen LogP contribution >= 0.6 is 0 Å². The Morgan fingerprint density at radius 1 is 0.929 bits per heavy atom. The number of rotatable bonds is 9. The van der Waals surface area contributed by atoms with E-state index in [0.29, 0.717) is 19.6 Å². The lowest BCUT2D eigenvalue weighted by molar-refractivity contribution is -0.201. The van der Waals surface area contributed by atoms with Gasteiger partial charge in [-0.2, -0.15) is 13.2 Å². The summed E-state index contributed by atoms with van der Waals surface area (Å²) in [6.07, 6.45) is -4.86. The third-order valence-electron chi connectivity index (χ3n) is 3.68. The normalized spacial score (nSPS) is 11.1. The summed E-state index contributed by atoms with van der Waals surface area (Å²) in [5.74, 6) is -2.98. The van der Waals surface area contributed by atoms with Gasteiger partial charge in [0.15, 0.2) is 0 Å². The first-order valence-electron chi connectivity index (χ1n) is 8.63. The quantitative estimate of drug-likeness (QED) is 0.400. The molecule has 0 unspecified atom stereocenters. The summed E-state index contributed by atoms with van der Waals surface area (Å²) in [6.45, 7) is 1.07. The minimum Gasteiger partial charge on any atom is -0.489 e. The first-order valence-corrected chi connectivity index (χ1v) is 8.63. The lowest BCUT2D eigenvalue weighted by atomic mass is 10.1. The van der Waals surface area contributed by atoms with Crippen LogP contribution in [0.2, 0.25) is 0 Å². The van der Waals surface area contributed by atoms with E-state index in [-0.39, 0.29) is 13.0 Å². The van der Waals surface area contributed by atoms with Crippen LogP contribution in [0.3, 0.4) is 0 Å². The van der Waals surface area contributed by atoms with Crippen LogP contribution in [0.5, 0.6) is 5.75 Å². The zero-order valence-electron chi connectivity index (χ0n) is 15.0. The van der Waals surface area contributed by atoms with E-state index in [1.54, 1.807) is 0 Å². The number of hydrogen-bond acceptors (Lipinski definition) is 5. The van der Waals surface area contributed by atoms with Crippen molar-refractivity contribution in [2.24, 2.45) is 0 Å². The maximum atomic E-state index is 12.0. The molecule has 5 nitrogen and oxygen atoms in total. The molecule has 0 spiro atoms. The largest absolute Gasteiger partial charge is 0.491 e. The Morgan fingerprint density at radius 3 is 2.36 bits per heavy atom. The van der Waals surface area contributed by atoms with Crippen LogP contribution in [0.25, 0.3) is 0 Å². The van der Waals surface area contributed by atoms with Crippen molar-refractivity contribution in [3.05, 3.63) is 65.7 Å². The van der Waals surface area contributed by atoms with E-state index in [9.17, 15) is 22.8 Å². The molecule has 0 aliphatic rings. The predicted molar refractivity (Wildman–Crippen MR) is 95.6 cm³/mol. The van der Waals surface area contributed by atoms with Gasteiger partial charge in [-0.15, -0.1) is 0 Å². The molecule has 8 heteroatoms. The van der Waals surface area contributed by atoms with Crippen molar-refractivity contribution in [3.8, 4) is 5.75 Å². The van der Waals surface area contributed by atoms with E-state index in [0.717, 1.165) is 16.9 Å². The number of carbonyl (C=O) groups is 2. The Hall–Kier alpha value is -2.87. The molecular formula is C20H20F3NO4. The molecule has 0 bridgehead atoms. The van der Waals surface area contributed by atoms with Crippen molar-refractivity contribution >= 4 is 11.9 Å². The van der Waals surface area contributed by atoms with Crippen molar-refractivity contribution in [2.75, 3.05) is 13.1 Å². The number of benzene rings is 2. The number of halogens is 3. The number of hydrogen-bond donors (Lipinski definition) is 1. The number of ether oxygens (including phenoxy) is 2. The van der Waals surface area contributed by atoms with Crippen LogP contribution in [-0.2, 0) is 27.4 Å². The minimum atomic E-state index is -5.17. The first-order chi connectivity index (χ1) is 13.3. The van der Waals surface area contributed by atoms with Crippen molar-refractivity contribution in [1.29, 1.82) is 0 Å². The standard InChI is InChI=1S/C20H20F3NO4/c21-20(22,23)19(26)28-18(25)10-12-24-11-9-15-7-4-8-17(13-15)27-14-16-5-2-1-3-6-16/h1-8,13,24H,9-12,14H2. The van der Waals surface area contributed by atoms with Gasteiger partial charge in [0.2, 0.25) is 0 Å². The molecule has 2 rings (SSSR count). The van der Waals surface area contributed by atoms with Gasteiger partial charge in [-0.05, 0) is 36.2 Å². The Morgan fingerprint density at radius 2 is 1.64 bits per heavy atom. The Labute approximate surface area is 160 Å². The maximum absolute atomic E-state index is 12.0. The van der Waals surface area contributed by atoms with E-state index in [2.05, 4.69) is 10.1 Å². The maximum Gasteiger partial charge on any atom is 0.491 e. The molecule has 0 radical (unpaired) electrons. The highest BCUT2D eigenvalue weighted by molar-refractivity contribution is 5.88. The van der Waals surface area contributed by atoms with Crippen LogP contribution in [0.4, 0.5) is 13.2 Å². The minimum absolute atomic E-state index is 0.105. The van der Waals surface area contributed by atoms with Crippen molar-refractivity contribution in [3.63, 3.8) is 0 Å². The molecule has 150 valence electrons. The van der Waals surface area contributed by atoms with Crippen molar-refractivity contribution < 1.29 is 32.2 Å². The van der Waals surface area contributed by atoms with Crippen LogP contribution in [0.15, 0.2) is 54.6 Å². The summed E-state index contributed by atoms with van der Waals surface area (Å²) in [6, 6.07) is 17.3. The van der Waals surface area contributed by atoms with Crippen molar-refractivity contribution in [1.82, 2.24) is 5.32 Å². The molecule has 0 fully saturated rings. The van der Waals surface area contributed by atoms with Gasteiger partial charge in [-0.3, -0.25) is 4.79 Å². The lowest BCUT2D eigenvalue weighted by Gasteiger charge is -2.09. The van der Waals surface area contributed by atoms with Crippen LogP contribution < -0.4 is 10.1 Å². The smallest absolute Gasteiger partial charge is 0.489 e. The van der Waals surface area contributed by atoms with Gasteiger partial charge in [0.05, 0.1) is 6.42 Å². The SMILES string of the molecule is O=C(CCNCCc1cccc(OCc2ccccc2)c1)OC(=O)C(F)(F)F. The van der Waals surface area contributed by atoms with Gasteiger partial charge < -0.3 is 14.8 Å². The zero-order valence-corrected chi connectivity index (χ0v) is 15.0. The number of alkyl halides is 3. The molecular weight excluding hydrogens is 375 g/mol. The molecule has 0 aliphatic heterocycles. The van der Waals surface area contributed by atoms with Gasteiger partial charge in [0.25, 0.3) is 0 Å². The van der Waals surface area contributed by atoms with Gasteiger partial charge in [0.1, 0.15) is 12.4 Å². The Balaban J connectivity index is 1.66. The molecule has 0 atom stereocenters. The van der Waals surface area contributed by atoms with E-state index in [1.165, 1.54) is 0 Å². The lowest BCUT2D eigenvalue weighted by Crippen LogP contribution is -2.29. The molecule has 0 aliphatic carbocycles. The molecule has 0 amide bonds. The second-order valence-corrected chi connectivity index (χ2v) is 5.93. The summed E-state index contributed by atoms with van der Waals surface area (Å²) in [4.78, 5) is 21.7. The molecule has 0 aromatic heterocycles. The summed E-state index contributed by atoms with van der Waals surface area (Å²) >= 11 is 0. The average molecular weight is 395 g/mol. The van der Waals surface area contributed by atoms with Gasteiger partial charge in [0, 0.05) is 6.54 Å².